The van der Waals surface area contributed by atoms with Crippen molar-refractivity contribution in [3.05, 3.63) is 53.9 Å². The quantitative estimate of drug-likeness (QED) is 0.854. The van der Waals surface area contributed by atoms with E-state index in [1.165, 1.54) is 16.8 Å². The number of aromatic nitrogens is 1. The average Bonchev–Trinajstić information content (AvgIpc) is 2.73. The number of rotatable bonds is 2. The Balaban J connectivity index is 1.85. The summed E-state index contributed by atoms with van der Waals surface area (Å²) in [6, 6.07) is 9.65. The summed E-state index contributed by atoms with van der Waals surface area (Å²) in [5.41, 5.74) is 3.67. The molecule has 1 aliphatic rings. The van der Waals surface area contributed by atoms with E-state index in [1.807, 2.05) is 24.4 Å². The molecular formula is C14H14N2O. The molecule has 3 nitrogen and oxygen atoms in total. The number of nitrogens with zero attached hydrogens (tertiary/aromatic N) is 2. The van der Waals surface area contributed by atoms with Gasteiger partial charge in [0.05, 0.1) is 0 Å². The van der Waals surface area contributed by atoms with Crippen LogP contribution in [0.2, 0.25) is 0 Å². The molecule has 3 rings (SSSR count). The maximum atomic E-state index is 9.44. The molecule has 0 radical (unpaired) electrons. The Kier molecular flexibility index (Phi) is 2.44. The zero-order chi connectivity index (χ0) is 11.7. The van der Waals surface area contributed by atoms with Gasteiger partial charge in [0.15, 0.2) is 0 Å². The molecule has 0 aliphatic carbocycles. The molecule has 3 heteroatoms. The van der Waals surface area contributed by atoms with Gasteiger partial charge in [-0.15, -0.1) is 0 Å². The fourth-order valence-corrected chi connectivity index (χ4v) is 2.33. The lowest BCUT2D eigenvalue weighted by molar-refractivity contribution is 0.475. The van der Waals surface area contributed by atoms with Gasteiger partial charge >= 0.3 is 0 Å². The fraction of sp³-hybridized carbons (Fsp3) is 0.214. The van der Waals surface area contributed by atoms with E-state index in [9.17, 15) is 5.11 Å². The molecule has 0 atom stereocenters. The van der Waals surface area contributed by atoms with Crippen LogP contribution in [-0.4, -0.2) is 16.6 Å². The van der Waals surface area contributed by atoms with Gasteiger partial charge < -0.3 is 10.0 Å². The second-order valence-corrected chi connectivity index (χ2v) is 4.35. The highest BCUT2D eigenvalue weighted by Gasteiger charge is 2.19. The average molecular weight is 226 g/mol. The minimum Gasteiger partial charge on any atom is -0.508 e. The Bertz CT molecular complexity index is 525. The van der Waals surface area contributed by atoms with E-state index < -0.39 is 0 Å². The van der Waals surface area contributed by atoms with E-state index in [4.69, 9.17) is 0 Å². The molecule has 1 aromatic heterocycles. The monoisotopic (exact) mass is 226 g/mol. The minimum absolute atomic E-state index is 0.354. The largest absolute Gasteiger partial charge is 0.508 e. The van der Waals surface area contributed by atoms with Crippen LogP contribution in [0.1, 0.15) is 11.1 Å². The predicted octanol–water partition coefficient (Wildman–Crippen LogP) is 2.35. The number of hydrogen-bond donors (Lipinski definition) is 1. The van der Waals surface area contributed by atoms with E-state index in [0.29, 0.717) is 5.75 Å². The van der Waals surface area contributed by atoms with E-state index >= 15 is 0 Å². The molecule has 0 bridgehead atoms. The molecule has 0 fully saturated rings. The number of hydrogen-bond acceptors (Lipinski definition) is 3. The highest BCUT2D eigenvalue weighted by molar-refractivity contribution is 5.60. The van der Waals surface area contributed by atoms with Crippen LogP contribution in [0.4, 0.5) is 5.69 Å². The fourth-order valence-electron chi connectivity index (χ4n) is 2.33. The molecule has 1 N–H and O–H groups in total. The third-order valence-corrected chi connectivity index (χ3v) is 3.15. The second-order valence-electron chi connectivity index (χ2n) is 4.35. The Hall–Kier alpha value is -2.03. The molecule has 1 aliphatic heterocycles. The summed E-state index contributed by atoms with van der Waals surface area (Å²) in [7, 11) is 0. The number of phenolic OH excluding ortho intramolecular Hbond substituents is 1. The summed E-state index contributed by atoms with van der Waals surface area (Å²) in [5, 5.41) is 9.44. The molecule has 17 heavy (non-hydrogen) atoms. The molecule has 0 amide bonds. The molecule has 0 unspecified atom stereocenters. The molecule has 1 aromatic carbocycles. The van der Waals surface area contributed by atoms with E-state index in [0.717, 1.165) is 19.5 Å². The topological polar surface area (TPSA) is 36.4 Å². The van der Waals surface area contributed by atoms with Gasteiger partial charge in [0.1, 0.15) is 5.75 Å². The molecule has 0 saturated heterocycles. The van der Waals surface area contributed by atoms with Crippen molar-refractivity contribution in [3.8, 4) is 5.75 Å². The highest BCUT2D eigenvalue weighted by atomic mass is 16.3. The van der Waals surface area contributed by atoms with E-state index in [1.54, 1.807) is 12.3 Å². The Morgan fingerprint density at radius 2 is 2.24 bits per heavy atom. The third kappa shape index (κ3) is 1.96. The van der Waals surface area contributed by atoms with E-state index in [2.05, 4.69) is 16.0 Å². The summed E-state index contributed by atoms with van der Waals surface area (Å²) in [6.07, 6.45) is 4.70. The molecule has 86 valence electrons. The zero-order valence-corrected chi connectivity index (χ0v) is 9.50. The third-order valence-electron chi connectivity index (χ3n) is 3.15. The normalized spacial score (nSPS) is 13.8. The number of fused-ring (bicyclic) bond motifs is 1. The Labute approximate surface area is 100 Å². The van der Waals surface area contributed by atoms with Gasteiger partial charge in [-0.25, -0.2) is 0 Å². The molecule has 0 saturated carbocycles. The zero-order valence-electron chi connectivity index (χ0n) is 9.50. The SMILES string of the molecule is Oc1ccc2c(c1)CCN2Cc1cccnc1. The van der Waals surface area contributed by atoms with Crippen LogP contribution in [0.5, 0.6) is 5.75 Å². The minimum atomic E-state index is 0.354. The van der Waals surface area contributed by atoms with Crippen LogP contribution in [0.25, 0.3) is 0 Å². The lowest BCUT2D eigenvalue weighted by Crippen LogP contribution is -2.19. The molecule has 0 spiro atoms. The van der Waals surface area contributed by atoms with Gasteiger partial charge in [-0.05, 0) is 41.8 Å². The van der Waals surface area contributed by atoms with Crippen molar-refractivity contribution in [2.24, 2.45) is 0 Å². The summed E-state index contributed by atoms with van der Waals surface area (Å²) in [6.45, 7) is 1.89. The molecular weight excluding hydrogens is 212 g/mol. The van der Waals surface area contributed by atoms with Crippen LogP contribution < -0.4 is 4.90 Å². The number of aromatic hydroxyl groups is 1. The van der Waals surface area contributed by atoms with Gasteiger partial charge in [0.2, 0.25) is 0 Å². The summed E-state index contributed by atoms with van der Waals surface area (Å²) in [4.78, 5) is 6.46. The number of pyridine rings is 1. The van der Waals surface area contributed by atoms with Crippen LogP contribution in [-0.2, 0) is 13.0 Å². The van der Waals surface area contributed by atoms with Crippen molar-refractivity contribution >= 4 is 5.69 Å². The second kappa shape index (κ2) is 4.09. The van der Waals surface area contributed by atoms with E-state index in [-0.39, 0.29) is 0 Å². The summed E-state index contributed by atoms with van der Waals surface area (Å²) >= 11 is 0. The van der Waals surface area contributed by atoms with Gasteiger partial charge in [0, 0.05) is 31.2 Å². The number of phenols is 1. The standard InChI is InChI=1S/C14H14N2O/c17-13-3-4-14-12(8-13)5-7-16(14)10-11-2-1-6-15-9-11/h1-4,6,8-9,17H,5,7,10H2. The first-order chi connectivity index (χ1) is 8.33. The van der Waals surface area contributed by atoms with Gasteiger partial charge in [0.25, 0.3) is 0 Å². The smallest absolute Gasteiger partial charge is 0.116 e. The maximum absolute atomic E-state index is 9.44. The Morgan fingerprint density at radius 3 is 3.06 bits per heavy atom. The summed E-state index contributed by atoms with van der Waals surface area (Å²) in [5.74, 6) is 0.354. The van der Waals surface area contributed by atoms with Crippen molar-refractivity contribution in [2.75, 3.05) is 11.4 Å². The number of benzene rings is 1. The van der Waals surface area contributed by atoms with Crippen molar-refractivity contribution in [2.45, 2.75) is 13.0 Å². The van der Waals surface area contributed by atoms with Gasteiger partial charge in [-0.2, -0.15) is 0 Å². The van der Waals surface area contributed by atoms with Crippen molar-refractivity contribution in [3.63, 3.8) is 0 Å². The first kappa shape index (κ1) is 10.1. The maximum Gasteiger partial charge on any atom is 0.116 e. The lowest BCUT2D eigenvalue weighted by Gasteiger charge is -2.19. The first-order valence-electron chi connectivity index (χ1n) is 5.79. The summed E-state index contributed by atoms with van der Waals surface area (Å²) < 4.78 is 0. The highest BCUT2D eigenvalue weighted by Crippen LogP contribution is 2.31. The van der Waals surface area contributed by atoms with Crippen LogP contribution in [0.3, 0.4) is 0 Å². The van der Waals surface area contributed by atoms with Crippen LogP contribution >= 0.6 is 0 Å². The van der Waals surface area contributed by atoms with Gasteiger partial charge in [-0.1, -0.05) is 6.07 Å². The van der Waals surface area contributed by atoms with Crippen LogP contribution in [0, 0.1) is 0 Å². The first-order valence-corrected chi connectivity index (χ1v) is 5.79. The van der Waals surface area contributed by atoms with Gasteiger partial charge in [-0.3, -0.25) is 4.98 Å². The lowest BCUT2D eigenvalue weighted by atomic mass is 10.1. The van der Waals surface area contributed by atoms with Crippen molar-refractivity contribution < 1.29 is 5.11 Å². The van der Waals surface area contributed by atoms with Crippen molar-refractivity contribution in [1.82, 2.24) is 4.98 Å². The predicted molar refractivity (Wildman–Crippen MR) is 67.1 cm³/mol. The molecule has 2 aromatic rings. The number of anilines is 1. The van der Waals surface area contributed by atoms with Crippen molar-refractivity contribution in [1.29, 1.82) is 0 Å². The Morgan fingerprint density at radius 1 is 1.29 bits per heavy atom. The van der Waals surface area contributed by atoms with Crippen LogP contribution in [0.15, 0.2) is 42.7 Å². The molecule has 2 heterocycles.